The van der Waals surface area contributed by atoms with Gasteiger partial charge in [0.25, 0.3) is 17.4 Å². The maximum Gasteiger partial charge on any atom is 0.257 e. The molecule has 1 aromatic carbocycles. The molecule has 69 heavy (non-hydrogen) atoms. The molecule has 21 heteroatoms. The Morgan fingerprint density at radius 1 is 0.899 bits per heavy atom. The van der Waals surface area contributed by atoms with Gasteiger partial charge >= 0.3 is 0 Å². The van der Waals surface area contributed by atoms with Crippen molar-refractivity contribution in [1.82, 2.24) is 46.4 Å². The van der Waals surface area contributed by atoms with Gasteiger partial charge in [-0.2, -0.15) is 0 Å². The van der Waals surface area contributed by atoms with E-state index in [0.717, 1.165) is 39.4 Å². The van der Waals surface area contributed by atoms with E-state index in [-0.39, 0.29) is 87.4 Å². The van der Waals surface area contributed by atoms with Gasteiger partial charge in [0.2, 0.25) is 29.5 Å². The molecule has 0 spiro atoms. The topological polar surface area (TPSA) is 291 Å². The number of nitrogens with one attached hydrogen (secondary N) is 6. The Labute approximate surface area is 403 Å². The van der Waals surface area contributed by atoms with Crippen molar-refractivity contribution in [2.75, 3.05) is 59.7 Å². The quantitative estimate of drug-likeness (QED) is 0.0187. The number of hydrogen-bond acceptors (Lipinski definition) is 14. The number of carbonyl (C=O) groups excluding carboxylic acids is 7. The molecule has 0 bridgehead atoms. The van der Waals surface area contributed by atoms with Crippen molar-refractivity contribution in [1.29, 1.82) is 0 Å². The standard InChI is InChI=1S/C46H63N11O10.C2H6/c1-5-49-31(3)35-21-38-30(2)33(25-57(38)46(65)36(35)28-66-4)17-19-55(48)26-34(47)27-67-29-53-41(60)23-52-45(64)37(20-32-12-8-6-9-13-32)54-42(61)24-51-40(59)22-50-39(58)14-10-7-11-18-56-43(62)15-16-44(56)63;1-2/h6,8-9,12-13,15-17,21,26,31,37,49H,2,5,7,10-11,14,18-20,22-25,27-29,47-48H2,1,3-4H3,(H,50,58)(H,51,59)(H,52,64)(H,53,60)(H,54,61);1-2H3/b33-17+,34-26-;. The van der Waals surface area contributed by atoms with Crippen molar-refractivity contribution in [3.8, 4) is 0 Å². The number of hydrogen-bond donors (Lipinski definition) is 8. The number of allylic oxidation sites excluding steroid dienone is 2. The number of aromatic nitrogens is 1. The van der Waals surface area contributed by atoms with Gasteiger partial charge in [0.15, 0.2) is 0 Å². The molecular weight excluding hydrogens is 891 g/mol. The predicted octanol–water partition coefficient (Wildman–Crippen LogP) is 0.272. The zero-order valence-electron chi connectivity index (χ0n) is 40.3. The molecule has 0 saturated heterocycles. The molecule has 2 aliphatic heterocycles. The van der Waals surface area contributed by atoms with E-state index in [0.29, 0.717) is 31.4 Å². The van der Waals surface area contributed by atoms with E-state index < -0.39 is 42.8 Å². The molecule has 7 amide bonds. The number of rotatable bonds is 28. The van der Waals surface area contributed by atoms with Crippen LogP contribution in [-0.4, -0.2) is 122 Å². The van der Waals surface area contributed by atoms with Crippen LogP contribution in [0.1, 0.15) is 81.8 Å². The van der Waals surface area contributed by atoms with Gasteiger partial charge in [-0.15, -0.1) is 0 Å². The van der Waals surface area contributed by atoms with Crippen molar-refractivity contribution in [3.63, 3.8) is 0 Å². The van der Waals surface area contributed by atoms with Crippen LogP contribution in [0.15, 0.2) is 83.5 Å². The number of amides is 7. The minimum Gasteiger partial charge on any atom is -0.399 e. The first-order chi connectivity index (χ1) is 33.1. The number of carbonyl (C=O) groups is 7. The molecule has 0 radical (unpaired) electrons. The number of unbranched alkanes of at least 4 members (excludes halogenated alkanes) is 2. The monoisotopic (exact) mass is 960 g/mol. The number of fused-ring (bicyclic) bond motifs is 1. The van der Waals surface area contributed by atoms with Gasteiger partial charge in [-0.1, -0.05) is 70.2 Å². The van der Waals surface area contributed by atoms with Crippen LogP contribution in [0.2, 0.25) is 0 Å². The highest BCUT2D eigenvalue weighted by atomic mass is 16.5. The third kappa shape index (κ3) is 18.6. The summed E-state index contributed by atoms with van der Waals surface area (Å²) in [4.78, 5) is 101. The Bertz CT molecular complexity index is 2260. The van der Waals surface area contributed by atoms with Crippen molar-refractivity contribution >= 4 is 46.9 Å². The zero-order chi connectivity index (χ0) is 50.9. The van der Waals surface area contributed by atoms with Crippen LogP contribution in [-0.2, 0) is 62.6 Å². The van der Waals surface area contributed by atoms with Gasteiger partial charge in [0.05, 0.1) is 57.3 Å². The van der Waals surface area contributed by atoms with E-state index in [4.69, 9.17) is 21.1 Å². The molecule has 21 nitrogen and oxygen atoms in total. The molecule has 4 rings (SSSR count). The summed E-state index contributed by atoms with van der Waals surface area (Å²) in [7, 11) is 1.56. The minimum absolute atomic E-state index is 0.0560. The van der Waals surface area contributed by atoms with E-state index in [2.05, 4.69) is 38.5 Å². The summed E-state index contributed by atoms with van der Waals surface area (Å²) in [5.74, 6) is 2.55. The smallest absolute Gasteiger partial charge is 0.257 e. The second-order valence-electron chi connectivity index (χ2n) is 15.8. The summed E-state index contributed by atoms with van der Waals surface area (Å²) in [6, 6.07) is 9.71. The maximum atomic E-state index is 13.5. The normalized spacial score (nSPS) is 14.4. The van der Waals surface area contributed by atoms with Gasteiger partial charge in [-0.25, -0.2) is 5.84 Å². The average Bonchev–Trinajstić information content (AvgIpc) is 3.84. The van der Waals surface area contributed by atoms with Crippen LogP contribution in [0.25, 0.3) is 5.57 Å². The number of imide groups is 1. The van der Waals surface area contributed by atoms with Gasteiger partial charge in [-0.3, -0.25) is 43.3 Å². The van der Waals surface area contributed by atoms with Gasteiger partial charge in [-0.05, 0) is 54.6 Å². The van der Waals surface area contributed by atoms with E-state index in [1.54, 1.807) is 42.0 Å². The lowest BCUT2D eigenvalue weighted by Gasteiger charge is -2.19. The van der Waals surface area contributed by atoms with E-state index >= 15 is 0 Å². The molecular formula is C48H69N11O10. The number of nitrogens with zero attached hydrogens (tertiary/aromatic N) is 3. The third-order valence-electron chi connectivity index (χ3n) is 10.7. The van der Waals surface area contributed by atoms with E-state index in [9.17, 15) is 38.4 Å². The summed E-state index contributed by atoms with van der Waals surface area (Å²) in [6.45, 7) is 12.4. The number of benzene rings is 1. The van der Waals surface area contributed by atoms with Crippen molar-refractivity contribution in [2.24, 2.45) is 11.6 Å². The highest BCUT2D eigenvalue weighted by Crippen LogP contribution is 2.32. The highest BCUT2D eigenvalue weighted by Gasteiger charge is 2.27. The van der Waals surface area contributed by atoms with Crippen molar-refractivity contribution < 1.29 is 43.0 Å². The van der Waals surface area contributed by atoms with Crippen molar-refractivity contribution in [3.05, 3.63) is 111 Å². The maximum absolute atomic E-state index is 13.5. The molecule has 10 N–H and O–H groups in total. The fourth-order valence-electron chi connectivity index (χ4n) is 7.19. The number of hydrazine groups is 1. The van der Waals surface area contributed by atoms with Crippen LogP contribution in [0, 0.1) is 0 Å². The number of methoxy groups -OCH3 is 1. The number of pyridine rings is 1. The van der Waals surface area contributed by atoms with E-state index in [1.165, 1.54) is 23.4 Å². The molecule has 2 unspecified atom stereocenters. The Morgan fingerprint density at radius 2 is 1.55 bits per heavy atom. The molecule has 3 heterocycles. The predicted molar refractivity (Wildman–Crippen MR) is 260 cm³/mol. The first kappa shape index (κ1) is 56.4. The molecule has 0 aliphatic carbocycles. The molecule has 2 atom stereocenters. The first-order valence-corrected chi connectivity index (χ1v) is 23.0. The van der Waals surface area contributed by atoms with Crippen LogP contribution in [0.5, 0.6) is 0 Å². The lowest BCUT2D eigenvalue weighted by Crippen LogP contribution is -2.52. The summed E-state index contributed by atoms with van der Waals surface area (Å²) >= 11 is 0. The SMILES string of the molecule is C=C1/C(=C/CN(N)/C=C(\N)COCNC(=O)CNC(=O)C(Cc2ccccc2)NC(=O)CNC(=O)CNC(=O)CCCCCN2C(=O)C=CC2=O)Cn2c1cc(C(C)NCC)c(COC)c2=O.CC. The fourth-order valence-corrected chi connectivity index (χ4v) is 7.19. The molecule has 376 valence electrons. The van der Waals surface area contributed by atoms with Crippen molar-refractivity contribution in [2.45, 2.75) is 85.0 Å². The van der Waals surface area contributed by atoms with E-state index in [1.807, 2.05) is 39.8 Å². The lowest BCUT2D eigenvalue weighted by atomic mass is 10.00. The first-order valence-electron chi connectivity index (χ1n) is 23.0. The van der Waals surface area contributed by atoms with Gasteiger partial charge < -0.3 is 56.7 Å². The molecule has 2 aliphatic rings. The second kappa shape index (κ2) is 29.7. The fraction of sp³-hybridized carbons (Fsp3) is 0.458. The van der Waals surface area contributed by atoms with Crippen LogP contribution >= 0.6 is 0 Å². The van der Waals surface area contributed by atoms with Crippen LogP contribution < -0.4 is 49.0 Å². The largest absolute Gasteiger partial charge is 0.399 e. The average molecular weight is 960 g/mol. The number of ether oxygens (including phenoxy) is 2. The van der Waals surface area contributed by atoms with Gasteiger partial charge in [0.1, 0.15) is 12.8 Å². The second-order valence-corrected chi connectivity index (χ2v) is 15.8. The third-order valence-corrected chi connectivity index (χ3v) is 10.7. The number of nitrogens with two attached hydrogens (primary N) is 2. The molecule has 1 aromatic heterocycles. The summed E-state index contributed by atoms with van der Waals surface area (Å²) < 4.78 is 12.5. The van der Waals surface area contributed by atoms with Crippen LogP contribution in [0.4, 0.5) is 0 Å². The Kier molecular flexibility index (Phi) is 24.3. The highest BCUT2D eigenvalue weighted by molar-refractivity contribution is 6.12. The lowest BCUT2D eigenvalue weighted by molar-refractivity contribution is -0.137. The Balaban J connectivity index is 0.00000622. The summed E-state index contributed by atoms with van der Waals surface area (Å²) in [6.07, 6.45) is 7.61. The molecule has 0 saturated carbocycles. The Hall–Kier alpha value is -6.94. The summed E-state index contributed by atoms with van der Waals surface area (Å²) in [5.41, 5.74) is 10.7. The van der Waals surface area contributed by atoms with Crippen LogP contribution in [0.3, 0.4) is 0 Å². The zero-order valence-corrected chi connectivity index (χ0v) is 40.3. The molecule has 2 aromatic rings. The Morgan fingerprint density at radius 3 is 2.23 bits per heavy atom. The van der Waals surface area contributed by atoms with Gasteiger partial charge in [0, 0.05) is 56.5 Å². The minimum atomic E-state index is -1.10. The summed E-state index contributed by atoms with van der Waals surface area (Å²) in [5, 5.41) is 17.2. The molecule has 0 fully saturated rings.